The van der Waals surface area contributed by atoms with Gasteiger partial charge in [-0.3, -0.25) is 4.57 Å². The lowest BCUT2D eigenvalue weighted by Gasteiger charge is -2.15. The van der Waals surface area contributed by atoms with Crippen molar-refractivity contribution < 1.29 is 34.0 Å². The Morgan fingerprint density at radius 3 is 2.72 bits per heavy atom. The van der Waals surface area contributed by atoms with E-state index in [-0.39, 0.29) is 18.4 Å². The number of aliphatic hydroxyl groups is 2. The molecule has 1 aliphatic rings. The van der Waals surface area contributed by atoms with E-state index < -0.39 is 38.4 Å². The highest BCUT2D eigenvalue weighted by molar-refractivity contribution is 7.51. The van der Waals surface area contributed by atoms with Crippen molar-refractivity contribution in [2.24, 2.45) is 0 Å². The molecule has 0 unspecified atom stereocenters. The van der Waals surface area contributed by atoms with Gasteiger partial charge in [-0.2, -0.15) is 15.1 Å². The quantitative estimate of drug-likeness (QED) is 0.255. The molecular formula is C15H23ClN5O7P. The predicted molar refractivity (Wildman–Crippen MR) is 103 cm³/mol. The van der Waals surface area contributed by atoms with Crippen molar-refractivity contribution in [2.45, 2.75) is 44.3 Å². The lowest BCUT2D eigenvalue weighted by atomic mass is 10.1. The van der Waals surface area contributed by atoms with Gasteiger partial charge >= 0.3 is 7.60 Å². The van der Waals surface area contributed by atoms with Crippen molar-refractivity contribution in [3.05, 3.63) is 11.5 Å². The first-order valence-corrected chi connectivity index (χ1v) is 11.1. The Kier molecular flexibility index (Phi) is 7.07. The van der Waals surface area contributed by atoms with E-state index in [4.69, 9.17) is 30.9 Å². The molecule has 3 rings (SSSR count). The molecule has 2 aromatic rings. The summed E-state index contributed by atoms with van der Waals surface area (Å²) in [6, 6.07) is 0. The van der Waals surface area contributed by atoms with Crippen molar-refractivity contribution >= 4 is 36.0 Å². The third-order valence-corrected chi connectivity index (χ3v) is 5.06. The molecule has 1 aliphatic heterocycles. The van der Waals surface area contributed by atoms with Crippen LogP contribution in [0.15, 0.2) is 6.20 Å². The highest BCUT2D eigenvalue weighted by Gasteiger charge is 2.43. The fraction of sp³-hybridized carbons (Fsp3) is 0.667. The molecule has 0 aromatic carbocycles. The zero-order valence-electron chi connectivity index (χ0n) is 15.5. The van der Waals surface area contributed by atoms with Crippen LogP contribution in [-0.2, 0) is 20.6 Å². The number of fused-ring (bicyclic) bond motifs is 1. The van der Waals surface area contributed by atoms with E-state index in [1.54, 1.807) is 6.20 Å². The normalized spacial score (nSPS) is 25.0. The monoisotopic (exact) mass is 451 g/mol. The Hall–Kier alpha value is -1.37. The summed E-state index contributed by atoms with van der Waals surface area (Å²) < 4.78 is 22.8. The number of anilines is 1. The number of nitrogens with one attached hydrogen (secondary N) is 1. The average molecular weight is 452 g/mol. The van der Waals surface area contributed by atoms with Gasteiger partial charge in [-0.05, 0) is 18.0 Å². The first-order valence-electron chi connectivity index (χ1n) is 8.96. The molecule has 0 amide bonds. The van der Waals surface area contributed by atoms with E-state index in [0.29, 0.717) is 23.4 Å². The van der Waals surface area contributed by atoms with Gasteiger partial charge in [-0.25, -0.2) is 4.68 Å². The fourth-order valence-corrected chi connectivity index (χ4v) is 3.52. The molecule has 12 nitrogen and oxygen atoms in total. The summed E-state index contributed by atoms with van der Waals surface area (Å²) in [5.41, 5.74) is 0.440. The SMILES string of the molecule is CCCNc1nc(Cl)nc2c1cnn2C[C@H]1O[C@H](COCP(=O)(O)O)[C@@H](O)[C@H]1O. The average Bonchev–Trinajstić information content (AvgIpc) is 3.15. The minimum Gasteiger partial charge on any atom is -0.388 e. The molecule has 0 bridgehead atoms. The molecule has 5 N–H and O–H groups in total. The second-order valence-electron chi connectivity index (χ2n) is 6.69. The van der Waals surface area contributed by atoms with Crippen LogP contribution >= 0.6 is 19.2 Å². The van der Waals surface area contributed by atoms with Crippen molar-refractivity contribution in [1.29, 1.82) is 0 Å². The molecule has 1 fully saturated rings. The van der Waals surface area contributed by atoms with Crippen LogP contribution in [0.3, 0.4) is 0 Å². The van der Waals surface area contributed by atoms with Crippen LogP contribution in [0.4, 0.5) is 5.82 Å². The molecule has 1 saturated heterocycles. The summed E-state index contributed by atoms with van der Waals surface area (Å²) in [5, 5.41) is 28.5. The third kappa shape index (κ3) is 5.41. The van der Waals surface area contributed by atoms with Gasteiger partial charge in [0, 0.05) is 6.54 Å². The van der Waals surface area contributed by atoms with Gasteiger partial charge in [-0.1, -0.05) is 6.92 Å². The molecule has 0 spiro atoms. The molecule has 2 aromatic heterocycles. The standard InChI is InChI=1S/C15H23ClN5O7P/c1-2-3-17-13-8-4-18-21(14(8)20-15(16)19-13)5-9-11(22)12(23)10(28-9)6-27-7-29(24,25)26/h4,9-12,22-23H,2-3,5-7H2,1H3,(H,17,19,20)(H2,24,25,26)/t9-,10-,11+,12-/m1/s1. The Balaban J connectivity index is 1.72. The van der Waals surface area contributed by atoms with Gasteiger partial charge in [0.05, 0.1) is 24.7 Å². The van der Waals surface area contributed by atoms with Crippen molar-refractivity contribution in [3.8, 4) is 0 Å². The van der Waals surface area contributed by atoms with Crippen LogP contribution in [-0.4, -0.2) is 83.7 Å². The molecule has 0 saturated carbocycles. The maximum absolute atomic E-state index is 10.8. The Labute approximate surface area is 171 Å². The summed E-state index contributed by atoms with van der Waals surface area (Å²) in [6.07, 6.45) is -2.63. The Morgan fingerprint density at radius 1 is 1.31 bits per heavy atom. The number of aromatic nitrogens is 4. The lowest BCUT2D eigenvalue weighted by molar-refractivity contribution is -0.0421. The highest BCUT2D eigenvalue weighted by atomic mass is 35.5. The summed E-state index contributed by atoms with van der Waals surface area (Å²) in [5.74, 6) is 0.546. The van der Waals surface area contributed by atoms with Crippen LogP contribution in [0, 0.1) is 0 Å². The topological polar surface area (TPSA) is 172 Å². The molecule has 4 atom stereocenters. The van der Waals surface area contributed by atoms with Crippen molar-refractivity contribution in [1.82, 2.24) is 19.7 Å². The summed E-state index contributed by atoms with van der Waals surface area (Å²) >= 11 is 6.01. The maximum Gasteiger partial charge on any atom is 0.350 e. The van der Waals surface area contributed by atoms with Gasteiger partial charge in [0.25, 0.3) is 0 Å². The fourth-order valence-electron chi connectivity index (χ4n) is 3.01. The highest BCUT2D eigenvalue weighted by Crippen LogP contribution is 2.34. The molecular weight excluding hydrogens is 429 g/mol. The largest absolute Gasteiger partial charge is 0.388 e. The molecule has 14 heteroatoms. The van der Waals surface area contributed by atoms with Gasteiger partial charge in [0.1, 0.15) is 36.6 Å². The molecule has 3 heterocycles. The van der Waals surface area contributed by atoms with E-state index in [1.807, 2.05) is 6.92 Å². The van der Waals surface area contributed by atoms with E-state index in [1.165, 1.54) is 4.68 Å². The number of rotatable bonds is 9. The summed E-state index contributed by atoms with van der Waals surface area (Å²) in [4.78, 5) is 26.0. The number of nitrogens with zero attached hydrogens (tertiary/aromatic N) is 4. The van der Waals surface area contributed by atoms with Crippen LogP contribution in [0.25, 0.3) is 11.0 Å². The van der Waals surface area contributed by atoms with Crippen molar-refractivity contribution in [3.63, 3.8) is 0 Å². The minimum atomic E-state index is -4.33. The number of halogens is 1. The first kappa shape index (κ1) is 22.3. The number of hydrogen-bond acceptors (Lipinski definition) is 9. The van der Waals surface area contributed by atoms with E-state index in [2.05, 4.69) is 20.4 Å². The van der Waals surface area contributed by atoms with E-state index >= 15 is 0 Å². The molecule has 0 radical (unpaired) electrons. The predicted octanol–water partition coefficient (Wildman–Crippen LogP) is -0.0574. The maximum atomic E-state index is 10.8. The summed E-state index contributed by atoms with van der Waals surface area (Å²) in [7, 11) is -4.33. The molecule has 29 heavy (non-hydrogen) atoms. The molecule has 162 valence electrons. The van der Waals surface area contributed by atoms with Crippen LogP contribution in [0.1, 0.15) is 13.3 Å². The van der Waals surface area contributed by atoms with Crippen molar-refractivity contribution in [2.75, 3.05) is 24.8 Å². The number of aliphatic hydroxyl groups excluding tert-OH is 2. The van der Waals surface area contributed by atoms with Crippen LogP contribution in [0.5, 0.6) is 0 Å². The van der Waals surface area contributed by atoms with E-state index in [9.17, 15) is 14.8 Å². The Bertz CT molecular complexity index is 893. The van der Waals surface area contributed by atoms with Gasteiger partial charge in [0.15, 0.2) is 5.65 Å². The summed E-state index contributed by atoms with van der Waals surface area (Å²) in [6.45, 7) is 2.50. The van der Waals surface area contributed by atoms with Crippen LogP contribution < -0.4 is 5.32 Å². The number of ether oxygens (including phenoxy) is 2. The van der Waals surface area contributed by atoms with E-state index in [0.717, 1.165) is 6.42 Å². The van der Waals surface area contributed by atoms with Gasteiger partial charge in [-0.15, -0.1) is 0 Å². The van der Waals surface area contributed by atoms with Crippen LogP contribution in [0.2, 0.25) is 5.28 Å². The van der Waals surface area contributed by atoms with Gasteiger partial charge < -0.3 is 34.8 Å². The smallest absolute Gasteiger partial charge is 0.350 e. The lowest BCUT2D eigenvalue weighted by Crippen LogP contribution is -2.35. The zero-order valence-corrected chi connectivity index (χ0v) is 17.2. The third-order valence-electron chi connectivity index (χ3n) is 4.37. The Morgan fingerprint density at radius 2 is 2.03 bits per heavy atom. The molecule has 0 aliphatic carbocycles. The second-order valence-corrected chi connectivity index (χ2v) is 8.62. The second kappa shape index (κ2) is 9.19. The minimum absolute atomic E-state index is 0.0366. The first-order chi connectivity index (χ1) is 13.7. The number of hydrogen-bond donors (Lipinski definition) is 5. The van der Waals surface area contributed by atoms with Gasteiger partial charge in [0.2, 0.25) is 5.28 Å². The zero-order chi connectivity index (χ0) is 21.2.